The van der Waals surface area contributed by atoms with Crippen LogP contribution in [0, 0.1) is 5.82 Å². The maximum atomic E-state index is 13.8. The molecular formula is C11H9FN8. The maximum Gasteiger partial charge on any atom is 0.257 e. The fourth-order valence-corrected chi connectivity index (χ4v) is 1.57. The Morgan fingerprint density at radius 1 is 1.20 bits per heavy atom. The molecule has 3 rings (SSSR count). The van der Waals surface area contributed by atoms with Crippen LogP contribution in [0.2, 0.25) is 0 Å². The van der Waals surface area contributed by atoms with E-state index in [1.165, 1.54) is 29.6 Å². The molecule has 3 aromatic rings. The van der Waals surface area contributed by atoms with Crippen molar-refractivity contribution in [3.8, 4) is 17.3 Å². The van der Waals surface area contributed by atoms with Gasteiger partial charge in [-0.1, -0.05) is 0 Å². The first kappa shape index (κ1) is 12.1. The van der Waals surface area contributed by atoms with Crippen molar-refractivity contribution in [2.75, 3.05) is 12.4 Å². The van der Waals surface area contributed by atoms with Crippen molar-refractivity contribution >= 4 is 5.95 Å². The second-order valence-electron chi connectivity index (χ2n) is 3.73. The van der Waals surface area contributed by atoms with Crippen LogP contribution in [0.4, 0.5) is 10.3 Å². The molecule has 0 aliphatic carbocycles. The second kappa shape index (κ2) is 4.96. The summed E-state index contributed by atoms with van der Waals surface area (Å²) >= 11 is 0. The predicted octanol–water partition coefficient (Wildman–Crippen LogP) is 0.695. The molecular weight excluding hydrogens is 263 g/mol. The topological polar surface area (TPSA) is 94.3 Å². The molecule has 100 valence electrons. The average Bonchev–Trinajstić information content (AvgIpc) is 3.01. The van der Waals surface area contributed by atoms with Crippen LogP contribution in [-0.2, 0) is 0 Å². The van der Waals surface area contributed by atoms with E-state index in [-0.39, 0.29) is 17.3 Å². The number of hydrogen-bond acceptors (Lipinski definition) is 7. The van der Waals surface area contributed by atoms with Gasteiger partial charge < -0.3 is 5.32 Å². The normalized spacial score (nSPS) is 10.5. The lowest BCUT2D eigenvalue weighted by Gasteiger charge is -2.06. The third-order valence-corrected chi connectivity index (χ3v) is 2.48. The fraction of sp³-hybridized carbons (Fsp3) is 0.0909. The van der Waals surface area contributed by atoms with Crippen LogP contribution < -0.4 is 5.32 Å². The summed E-state index contributed by atoms with van der Waals surface area (Å²) in [5.74, 6) is 0.227. The highest BCUT2D eigenvalue weighted by Crippen LogP contribution is 2.19. The zero-order chi connectivity index (χ0) is 13.9. The van der Waals surface area contributed by atoms with Crippen molar-refractivity contribution in [3.63, 3.8) is 0 Å². The van der Waals surface area contributed by atoms with Crippen molar-refractivity contribution in [1.82, 2.24) is 34.7 Å². The number of anilines is 1. The monoisotopic (exact) mass is 272 g/mol. The van der Waals surface area contributed by atoms with Gasteiger partial charge in [0, 0.05) is 13.2 Å². The molecule has 0 saturated carbocycles. The molecule has 9 heteroatoms. The Kier molecular flexibility index (Phi) is 2.99. The van der Waals surface area contributed by atoms with Crippen LogP contribution >= 0.6 is 0 Å². The molecule has 0 aromatic carbocycles. The Bertz CT molecular complexity index is 727. The minimum Gasteiger partial charge on any atom is -0.357 e. The van der Waals surface area contributed by atoms with Crippen molar-refractivity contribution < 1.29 is 4.39 Å². The Hall–Kier alpha value is -2.97. The molecule has 1 N–H and O–H groups in total. The first-order valence-electron chi connectivity index (χ1n) is 5.66. The van der Waals surface area contributed by atoms with Gasteiger partial charge in [0.1, 0.15) is 12.7 Å². The maximum absolute atomic E-state index is 13.8. The van der Waals surface area contributed by atoms with E-state index < -0.39 is 5.82 Å². The van der Waals surface area contributed by atoms with Gasteiger partial charge in [-0.2, -0.15) is 24.7 Å². The van der Waals surface area contributed by atoms with E-state index in [1.54, 1.807) is 7.05 Å². The van der Waals surface area contributed by atoms with E-state index >= 15 is 0 Å². The number of nitrogens with zero attached hydrogens (tertiary/aromatic N) is 7. The molecule has 0 aliphatic rings. The molecule has 20 heavy (non-hydrogen) atoms. The number of nitrogens with one attached hydrogen (secondary N) is 1. The lowest BCUT2D eigenvalue weighted by Crippen LogP contribution is -2.08. The Morgan fingerprint density at radius 2 is 2.10 bits per heavy atom. The molecule has 0 atom stereocenters. The van der Waals surface area contributed by atoms with Gasteiger partial charge in [0.25, 0.3) is 5.95 Å². The van der Waals surface area contributed by atoms with Gasteiger partial charge in [0.15, 0.2) is 11.6 Å². The SMILES string of the molecule is CNc1nc(-c2ccncc2F)nc(-n2cncn2)n1. The highest BCUT2D eigenvalue weighted by Gasteiger charge is 2.13. The fourth-order valence-electron chi connectivity index (χ4n) is 1.57. The van der Waals surface area contributed by atoms with E-state index in [0.717, 1.165) is 6.20 Å². The first-order valence-corrected chi connectivity index (χ1v) is 5.66. The molecule has 0 unspecified atom stereocenters. The predicted molar refractivity (Wildman–Crippen MR) is 67.5 cm³/mol. The van der Waals surface area contributed by atoms with E-state index in [4.69, 9.17) is 0 Å². The Morgan fingerprint density at radius 3 is 2.80 bits per heavy atom. The van der Waals surface area contributed by atoms with Crippen LogP contribution in [0.15, 0.2) is 31.1 Å². The summed E-state index contributed by atoms with van der Waals surface area (Å²) in [6.45, 7) is 0. The number of rotatable bonds is 3. The van der Waals surface area contributed by atoms with Crippen molar-refractivity contribution in [3.05, 3.63) is 36.9 Å². The highest BCUT2D eigenvalue weighted by atomic mass is 19.1. The summed E-state index contributed by atoms with van der Waals surface area (Å²) in [6.07, 6.45) is 5.38. The zero-order valence-corrected chi connectivity index (χ0v) is 10.4. The van der Waals surface area contributed by atoms with Gasteiger partial charge >= 0.3 is 0 Å². The van der Waals surface area contributed by atoms with Gasteiger partial charge in [-0.05, 0) is 6.07 Å². The lowest BCUT2D eigenvalue weighted by atomic mass is 10.2. The van der Waals surface area contributed by atoms with Crippen molar-refractivity contribution in [1.29, 1.82) is 0 Å². The molecule has 8 nitrogen and oxygen atoms in total. The molecule has 0 radical (unpaired) electrons. The van der Waals surface area contributed by atoms with Crippen LogP contribution in [-0.4, -0.2) is 41.7 Å². The molecule has 0 fully saturated rings. The third kappa shape index (κ3) is 2.16. The molecule has 0 saturated heterocycles. The highest BCUT2D eigenvalue weighted by molar-refractivity contribution is 5.56. The van der Waals surface area contributed by atoms with E-state index in [0.29, 0.717) is 5.95 Å². The zero-order valence-electron chi connectivity index (χ0n) is 10.4. The van der Waals surface area contributed by atoms with E-state index in [1.807, 2.05) is 0 Å². The smallest absolute Gasteiger partial charge is 0.257 e. The third-order valence-electron chi connectivity index (χ3n) is 2.48. The minimum atomic E-state index is -0.509. The number of halogens is 1. The molecule has 0 bridgehead atoms. The standard InChI is InChI=1S/C11H9FN8/c1-13-10-17-9(7-2-3-14-4-8(7)12)18-11(19-10)20-6-15-5-16-20/h2-6H,1H3,(H,13,17,18,19). The van der Waals surface area contributed by atoms with E-state index in [2.05, 4.69) is 35.3 Å². The van der Waals surface area contributed by atoms with Gasteiger partial charge in [-0.25, -0.2) is 9.37 Å². The van der Waals surface area contributed by atoms with Gasteiger partial charge in [-0.15, -0.1) is 0 Å². The Labute approximate surface area is 112 Å². The minimum absolute atomic E-state index is 0.190. The average molecular weight is 272 g/mol. The largest absolute Gasteiger partial charge is 0.357 e. The summed E-state index contributed by atoms with van der Waals surface area (Å²) in [7, 11) is 1.66. The molecule has 0 amide bonds. The van der Waals surface area contributed by atoms with Crippen LogP contribution in [0.5, 0.6) is 0 Å². The van der Waals surface area contributed by atoms with Crippen molar-refractivity contribution in [2.24, 2.45) is 0 Å². The van der Waals surface area contributed by atoms with Crippen LogP contribution in [0.25, 0.3) is 17.3 Å². The molecule has 0 spiro atoms. The summed E-state index contributed by atoms with van der Waals surface area (Å²) in [5, 5.41) is 6.74. The van der Waals surface area contributed by atoms with Gasteiger partial charge in [0.2, 0.25) is 5.95 Å². The summed E-state index contributed by atoms with van der Waals surface area (Å²) in [4.78, 5) is 20.0. The molecule has 3 aromatic heterocycles. The quantitative estimate of drug-likeness (QED) is 0.749. The molecule has 3 heterocycles. The van der Waals surface area contributed by atoms with E-state index in [9.17, 15) is 4.39 Å². The van der Waals surface area contributed by atoms with Crippen molar-refractivity contribution in [2.45, 2.75) is 0 Å². The second-order valence-corrected chi connectivity index (χ2v) is 3.73. The Balaban J connectivity index is 2.17. The summed E-state index contributed by atoms with van der Waals surface area (Å²) in [6, 6.07) is 1.50. The number of hydrogen-bond donors (Lipinski definition) is 1. The van der Waals surface area contributed by atoms with Crippen LogP contribution in [0.1, 0.15) is 0 Å². The van der Waals surface area contributed by atoms with Crippen LogP contribution in [0.3, 0.4) is 0 Å². The lowest BCUT2D eigenvalue weighted by molar-refractivity contribution is 0.623. The first-order chi connectivity index (χ1) is 9.78. The molecule has 0 aliphatic heterocycles. The summed E-state index contributed by atoms with van der Waals surface area (Å²) < 4.78 is 15.1. The number of pyridine rings is 1. The number of aromatic nitrogens is 7. The van der Waals surface area contributed by atoms with Gasteiger partial charge in [-0.3, -0.25) is 4.98 Å². The summed E-state index contributed by atoms with van der Waals surface area (Å²) in [5.41, 5.74) is 0.236. The van der Waals surface area contributed by atoms with Gasteiger partial charge in [0.05, 0.1) is 11.8 Å².